The van der Waals surface area contributed by atoms with Crippen molar-refractivity contribution in [3.05, 3.63) is 35.2 Å². The first-order valence-electron chi connectivity index (χ1n) is 9.38. The van der Waals surface area contributed by atoms with Crippen molar-refractivity contribution < 1.29 is 8.42 Å². The van der Waals surface area contributed by atoms with E-state index in [2.05, 4.69) is 26.8 Å². The molecule has 1 aliphatic heterocycles. The summed E-state index contributed by atoms with van der Waals surface area (Å²) in [6, 6.07) is 4.09. The normalized spacial score (nSPS) is 21.3. The van der Waals surface area contributed by atoms with Gasteiger partial charge in [0.15, 0.2) is 4.21 Å². The number of rotatable bonds is 4. The summed E-state index contributed by atoms with van der Waals surface area (Å²) in [4.78, 5) is 14.0. The number of anilines is 1. The van der Waals surface area contributed by atoms with E-state index in [9.17, 15) is 8.42 Å². The van der Waals surface area contributed by atoms with Crippen molar-refractivity contribution in [2.75, 3.05) is 25.0 Å². The number of pyridine rings is 1. The van der Waals surface area contributed by atoms with Gasteiger partial charge in [-0.05, 0) is 38.3 Å². The highest BCUT2D eigenvalue weighted by atomic mass is 32.2. The summed E-state index contributed by atoms with van der Waals surface area (Å²) in [5, 5.41) is 1.83. The average molecular weight is 420 g/mol. The SMILES string of the molecule is Cc1nc(C)c(S(=O)(=O)N2CC[C@@H](C)[C@@H](N(C)c3ccnc4[nH]ccc34)C2)s1. The van der Waals surface area contributed by atoms with E-state index in [1.165, 1.54) is 11.3 Å². The van der Waals surface area contributed by atoms with E-state index in [0.717, 1.165) is 28.1 Å². The van der Waals surface area contributed by atoms with Crippen molar-refractivity contribution in [1.82, 2.24) is 19.3 Å². The zero-order valence-electron chi connectivity index (χ0n) is 16.5. The largest absolute Gasteiger partial charge is 0.369 e. The van der Waals surface area contributed by atoms with Gasteiger partial charge in [-0.15, -0.1) is 11.3 Å². The van der Waals surface area contributed by atoms with Gasteiger partial charge in [-0.25, -0.2) is 18.4 Å². The maximum Gasteiger partial charge on any atom is 0.254 e. The number of H-pyrrole nitrogens is 1. The van der Waals surface area contributed by atoms with Crippen molar-refractivity contribution in [3.8, 4) is 0 Å². The second-order valence-electron chi connectivity index (χ2n) is 7.48. The maximum atomic E-state index is 13.3. The number of sulfonamides is 1. The molecular formula is C19H25N5O2S2. The van der Waals surface area contributed by atoms with Gasteiger partial charge in [0.05, 0.1) is 10.7 Å². The Morgan fingerprint density at radius 2 is 2.11 bits per heavy atom. The number of nitrogens with one attached hydrogen (secondary N) is 1. The van der Waals surface area contributed by atoms with Gasteiger partial charge in [0.25, 0.3) is 10.0 Å². The van der Waals surface area contributed by atoms with Crippen LogP contribution >= 0.6 is 11.3 Å². The Balaban J connectivity index is 1.65. The van der Waals surface area contributed by atoms with Crippen LogP contribution in [0, 0.1) is 19.8 Å². The van der Waals surface area contributed by atoms with Crippen molar-refractivity contribution in [3.63, 3.8) is 0 Å². The number of piperidine rings is 1. The topological polar surface area (TPSA) is 82.2 Å². The number of nitrogens with zero attached hydrogens (tertiary/aromatic N) is 4. The Kier molecular flexibility index (Phi) is 4.93. The fraction of sp³-hybridized carbons (Fsp3) is 0.474. The van der Waals surface area contributed by atoms with Crippen molar-refractivity contribution in [2.24, 2.45) is 5.92 Å². The number of aryl methyl sites for hydroxylation is 2. The smallest absolute Gasteiger partial charge is 0.254 e. The lowest BCUT2D eigenvalue weighted by atomic mass is 9.93. The van der Waals surface area contributed by atoms with Gasteiger partial charge < -0.3 is 9.88 Å². The molecule has 0 aliphatic carbocycles. The molecule has 0 saturated carbocycles. The zero-order chi connectivity index (χ0) is 20.1. The third-order valence-electron chi connectivity index (χ3n) is 5.63. The molecule has 0 unspecified atom stereocenters. The van der Waals surface area contributed by atoms with Gasteiger partial charge in [0.2, 0.25) is 0 Å². The number of aromatic amines is 1. The first-order chi connectivity index (χ1) is 13.3. The third kappa shape index (κ3) is 3.21. The molecule has 0 amide bonds. The van der Waals surface area contributed by atoms with E-state index in [1.54, 1.807) is 17.4 Å². The van der Waals surface area contributed by atoms with Crippen LogP contribution in [0.2, 0.25) is 0 Å². The Labute approximate surface area is 169 Å². The van der Waals surface area contributed by atoms with Gasteiger partial charge in [0.1, 0.15) is 5.65 Å². The highest BCUT2D eigenvalue weighted by molar-refractivity contribution is 7.91. The number of fused-ring (bicyclic) bond motifs is 1. The van der Waals surface area contributed by atoms with E-state index in [0.29, 0.717) is 28.9 Å². The molecule has 0 radical (unpaired) electrons. The minimum absolute atomic E-state index is 0.0818. The molecule has 0 bridgehead atoms. The van der Waals surface area contributed by atoms with E-state index < -0.39 is 10.0 Å². The van der Waals surface area contributed by atoms with E-state index in [4.69, 9.17) is 0 Å². The molecule has 1 fully saturated rings. The lowest BCUT2D eigenvalue weighted by Gasteiger charge is -2.42. The second-order valence-corrected chi connectivity index (χ2v) is 10.8. The molecule has 7 nitrogen and oxygen atoms in total. The summed E-state index contributed by atoms with van der Waals surface area (Å²) in [6.07, 6.45) is 4.49. The van der Waals surface area contributed by atoms with E-state index in [-0.39, 0.29) is 6.04 Å². The number of hydrogen-bond acceptors (Lipinski definition) is 6. The Bertz CT molecular complexity index is 1100. The zero-order valence-corrected chi connectivity index (χ0v) is 18.1. The molecule has 0 spiro atoms. The number of likely N-dealkylation sites (N-methyl/N-ethyl adjacent to an activating group) is 1. The van der Waals surface area contributed by atoms with Crippen LogP contribution in [-0.4, -0.2) is 53.9 Å². The molecule has 3 aromatic rings. The van der Waals surface area contributed by atoms with Gasteiger partial charge in [-0.2, -0.15) is 4.31 Å². The van der Waals surface area contributed by atoms with Crippen molar-refractivity contribution in [1.29, 1.82) is 0 Å². The minimum Gasteiger partial charge on any atom is -0.369 e. The van der Waals surface area contributed by atoms with Gasteiger partial charge in [-0.1, -0.05) is 6.92 Å². The fourth-order valence-corrected chi connectivity index (χ4v) is 7.14. The molecule has 4 rings (SSSR count). The third-order valence-corrected chi connectivity index (χ3v) is 9.16. The summed E-state index contributed by atoms with van der Waals surface area (Å²) in [7, 11) is -1.49. The van der Waals surface area contributed by atoms with Gasteiger partial charge >= 0.3 is 0 Å². The summed E-state index contributed by atoms with van der Waals surface area (Å²) < 4.78 is 28.5. The van der Waals surface area contributed by atoms with Crippen LogP contribution in [0.25, 0.3) is 11.0 Å². The Morgan fingerprint density at radius 3 is 2.82 bits per heavy atom. The van der Waals surface area contributed by atoms with E-state index in [1.807, 2.05) is 32.3 Å². The van der Waals surface area contributed by atoms with Crippen LogP contribution in [0.15, 0.2) is 28.7 Å². The molecule has 2 atom stereocenters. The Morgan fingerprint density at radius 1 is 1.32 bits per heavy atom. The predicted molar refractivity (Wildman–Crippen MR) is 112 cm³/mol. The van der Waals surface area contributed by atoms with Crippen LogP contribution in [0.5, 0.6) is 0 Å². The first-order valence-corrected chi connectivity index (χ1v) is 11.6. The summed E-state index contributed by atoms with van der Waals surface area (Å²) in [5.41, 5.74) is 2.49. The molecule has 0 aromatic carbocycles. The van der Waals surface area contributed by atoms with Crippen LogP contribution < -0.4 is 4.90 Å². The number of thiazole rings is 1. The minimum atomic E-state index is -3.53. The molecule has 1 saturated heterocycles. The highest BCUT2D eigenvalue weighted by Crippen LogP contribution is 2.33. The first kappa shape index (κ1) is 19.4. The molecule has 150 valence electrons. The fourth-order valence-electron chi connectivity index (χ4n) is 4.04. The van der Waals surface area contributed by atoms with Gasteiger partial charge in [0, 0.05) is 49.6 Å². The second kappa shape index (κ2) is 7.13. The van der Waals surface area contributed by atoms with Crippen LogP contribution in [-0.2, 0) is 10.0 Å². The number of hydrogen-bond donors (Lipinski definition) is 1. The maximum absolute atomic E-state index is 13.3. The Hall–Kier alpha value is -1.97. The highest BCUT2D eigenvalue weighted by Gasteiger charge is 2.37. The monoisotopic (exact) mass is 419 g/mol. The molecule has 1 N–H and O–H groups in total. The predicted octanol–water partition coefficient (Wildman–Crippen LogP) is 3.17. The molecule has 9 heteroatoms. The van der Waals surface area contributed by atoms with Crippen LogP contribution in [0.3, 0.4) is 0 Å². The summed E-state index contributed by atoms with van der Waals surface area (Å²) in [6.45, 7) is 6.82. The quantitative estimate of drug-likeness (QED) is 0.702. The standard InChI is InChI=1S/C19H25N5O2S2/c1-12-7-10-24(28(25,26)19-13(2)22-14(3)27-19)11-17(12)23(4)16-6-9-21-18-15(16)5-8-20-18/h5-6,8-9,12,17H,7,10-11H2,1-4H3,(H,20,21)/t12-,17+/m1/s1. The molecule has 28 heavy (non-hydrogen) atoms. The summed E-state index contributed by atoms with van der Waals surface area (Å²) in [5.74, 6) is 0.378. The average Bonchev–Trinajstić information content (AvgIpc) is 3.27. The van der Waals surface area contributed by atoms with Crippen molar-refractivity contribution >= 4 is 38.1 Å². The van der Waals surface area contributed by atoms with Crippen molar-refractivity contribution in [2.45, 2.75) is 37.4 Å². The lowest BCUT2D eigenvalue weighted by Crippen LogP contribution is -2.52. The lowest BCUT2D eigenvalue weighted by molar-refractivity contribution is 0.248. The van der Waals surface area contributed by atoms with Crippen LogP contribution in [0.1, 0.15) is 24.0 Å². The molecule has 4 heterocycles. The van der Waals surface area contributed by atoms with Crippen LogP contribution in [0.4, 0.5) is 5.69 Å². The molecule has 3 aromatic heterocycles. The molecule has 1 aliphatic rings. The summed E-state index contributed by atoms with van der Waals surface area (Å²) >= 11 is 1.26. The number of aromatic nitrogens is 3. The van der Waals surface area contributed by atoms with E-state index >= 15 is 0 Å². The van der Waals surface area contributed by atoms with Gasteiger partial charge in [-0.3, -0.25) is 0 Å². The molecular weight excluding hydrogens is 394 g/mol.